The van der Waals surface area contributed by atoms with E-state index < -0.39 is 0 Å². The molecule has 0 aliphatic carbocycles. The van der Waals surface area contributed by atoms with Crippen LogP contribution in [-0.2, 0) is 4.74 Å². The van der Waals surface area contributed by atoms with E-state index in [0.717, 1.165) is 12.2 Å². The number of hydrogen-bond acceptors (Lipinski definition) is 3. The highest BCUT2D eigenvalue weighted by molar-refractivity contribution is 9.10. The maximum atomic E-state index is 13.3. The molecule has 1 saturated heterocycles. The summed E-state index contributed by atoms with van der Waals surface area (Å²) >= 11 is 9.51. The Morgan fingerprint density at radius 1 is 1.50 bits per heavy atom. The van der Waals surface area contributed by atoms with Crippen molar-refractivity contribution in [2.75, 3.05) is 19.7 Å². The number of imidazole rings is 1. The summed E-state index contributed by atoms with van der Waals surface area (Å²) < 4.78 is 21.5. The van der Waals surface area contributed by atoms with E-state index in [-0.39, 0.29) is 11.9 Å². The first-order valence-corrected chi connectivity index (χ1v) is 7.33. The summed E-state index contributed by atoms with van der Waals surface area (Å²) in [6, 6.07) is 2.66. The Balaban J connectivity index is 2.05. The Morgan fingerprint density at radius 3 is 3.05 bits per heavy atom. The van der Waals surface area contributed by atoms with Gasteiger partial charge in [0.1, 0.15) is 11.9 Å². The summed E-state index contributed by atoms with van der Waals surface area (Å²) in [5, 5.41) is 3.59. The number of morpholine rings is 1. The van der Waals surface area contributed by atoms with Gasteiger partial charge in [0.05, 0.1) is 35.5 Å². The van der Waals surface area contributed by atoms with Gasteiger partial charge in [-0.25, -0.2) is 9.37 Å². The summed E-state index contributed by atoms with van der Waals surface area (Å²) in [5.41, 5.74) is 1.54. The van der Waals surface area contributed by atoms with Crippen LogP contribution < -0.4 is 5.32 Å². The van der Waals surface area contributed by atoms with Crippen LogP contribution in [0.5, 0.6) is 0 Å². The van der Waals surface area contributed by atoms with Gasteiger partial charge in [-0.2, -0.15) is 0 Å². The van der Waals surface area contributed by atoms with Crippen LogP contribution in [0.1, 0.15) is 11.8 Å². The molecule has 1 atom stereocenters. The third kappa shape index (κ3) is 2.61. The van der Waals surface area contributed by atoms with Gasteiger partial charge in [-0.1, -0.05) is 11.6 Å². The second kappa shape index (κ2) is 5.81. The Labute approximate surface area is 129 Å². The molecule has 0 saturated carbocycles. The average molecular weight is 361 g/mol. The van der Waals surface area contributed by atoms with Gasteiger partial charge in [0.15, 0.2) is 0 Å². The van der Waals surface area contributed by atoms with Crippen molar-refractivity contribution in [3.8, 4) is 5.69 Å². The van der Waals surface area contributed by atoms with Crippen molar-refractivity contribution in [1.82, 2.24) is 14.9 Å². The zero-order valence-corrected chi connectivity index (χ0v) is 12.8. The lowest BCUT2D eigenvalue weighted by atomic mass is 10.2. The highest BCUT2D eigenvalue weighted by Crippen LogP contribution is 2.33. The molecule has 1 fully saturated rings. The normalized spacial score (nSPS) is 19.2. The standard InChI is InChI=1S/C13H12BrClFN3O/c14-9-3-8(16)4-10(15)13(9)19-7-18-5-11(19)12-6-17-1-2-20-12/h3-5,7,12,17H,1-2,6H2. The van der Waals surface area contributed by atoms with Gasteiger partial charge in [-0.3, -0.25) is 4.57 Å². The maximum Gasteiger partial charge on any atom is 0.125 e. The van der Waals surface area contributed by atoms with Crippen LogP contribution in [0.25, 0.3) is 5.69 Å². The quantitative estimate of drug-likeness (QED) is 0.894. The van der Waals surface area contributed by atoms with Crippen LogP contribution in [0.15, 0.2) is 29.1 Å². The largest absolute Gasteiger partial charge is 0.369 e. The van der Waals surface area contributed by atoms with Gasteiger partial charge < -0.3 is 10.1 Å². The Bertz CT molecular complexity index is 605. The predicted octanol–water partition coefficient (Wildman–Crippen LogP) is 3.09. The molecule has 0 spiro atoms. The van der Waals surface area contributed by atoms with Crippen LogP contribution in [0.4, 0.5) is 4.39 Å². The van der Waals surface area contributed by atoms with Gasteiger partial charge in [0.2, 0.25) is 0 Å². The number of ether oxygens (including phenoxy) is 1. The maximum absolute atomic E-state index is 13.3. The summed E-state index contributed by atoms with van der Waals surface area (Å²) in [4.78, 5) is 4.16. The Morgan fingerprint density at radius 2 is 2.35 bits per heavy atom. The molecule has 3 rings (SSSR count). The first-order valence-electron chi connectivity index (χ1n) is 6.16. The van der Waals surface area contributed by atoms with Gasteiger partial charge in [0, 0.05) is 17.6 Å². The number of halogens is 3. The van der Waals surface area contributed by atoms with Crippen LogP contribution in [0.3, 0.4) is 0 Å². The molecule has 20 heavy (non-hydrogen) atoms. The van der Waals surface area contributed by atoms with Crippen molar-refractivity contribution in [2.24, 2.45) is 0 Å². The fourth-order valence-corrected chi connectivity index (χ4v) is 3.28. The summed E-state index contributed by atoms with van der Waals surface area (Å²) in [5.74, 6) is -0.386. The molecule has 0 bridgehead atoms. The number of aromatic nitrogens is 2. The number of rotatable bonds is 2. The lowest BCUT2D eigenvalue weighted by molar-refractivity contribution is 0.0240. The lowest BCUT2D eigenvalue weighted by Gasteiger charge is -2.25. The minimum atomic E-state index is -0.386. The minimum absolute atomic E-state index is 0.0979. The van der Waals surface area contributed by atoms with Gasteiger partial charge >= 0.3 is 0 Å². The highest BCUT2D eigenvalue weighted by Gasteiger charge is 2.22. The molecule has 0 radical (unpaired) electrons. The van der Waals surface area contributed by atoms with E-state index in [2.05, 4.69) is 26.2 Å². The van der Waals surface area contributed by atoms with Crippen LogP contribution in [-0.4, -0.2) is 29.2 Å². The van der Waals surface area contributed by atoms with Crippen LogP contribution in [0, 0.1) is 5.82 Å². The predicted molar refractivity (Wildman–Crippen MR) is 77.8 cm³/mol. The first kappa shape index (κ1) is 14.0. The van der Waals surface area contributed by atoms with E-state index in [9.17, 15) is 4.39 Å². The van der Waals surface area contributed by atoms with Crippen molar-refractivity contribution in [3.05, 3.63) is 45.7 Å². The van der Waals surface area contributed by atoms with E-state index in [0.29, 0.717) is 28.3 Å². The molecule has 1 aromatic heterocycles. The van der Waals surface area contributed by atoms with Crippen LogP contribution in [0.2, 0.25) is 5.02 Å². The molecule has 4 nitrogen and oxygen atoms in total. The zero-order valence-electron chi connectivity index (χ0n) is 10.4. The fourth-order valence-electron chi connectivity index (χ4n) is 2.25. The Hall–Kier alpha value is -0.950. The van der Waals surface area contributed by atoms with Crippen molar-refractivity contribution in [1.29, 1.82) is 0 Å². The lowest BCUT2D eigenvalue weighted by Crippen LogP contribution is -2.34. The van der Waals surface area contributed by atoms with Crippen molar-refractivity contribution in [2.45, 2.75) is 6.10 Å². The molecule has 1 aromatic carbocycles. The average Bonchev–Trinajstić information content (AvgIpc) is 2.87. The number of nitrogens with zero attached hydrogens (tertiary/aromatic N) is 2. The molecule has 1 aliphatic rings. The Kier molecular flexibility index (Phi) is 4.07. The molecule has 106 valence electrons. The van der Waals surface area contributed by atoms with Crippen LogP contribution >= 0.6 is 27.5 Å². The van der Waals surface area contributed by atoms with Gasteiger partial charge in [-0.05, 0) is 28.1 Å². The number of nitrogens with one attached hydrogen (secondary N) is 1. The SMILES string of the molecule is Fc1cc(Cl)c(-n2cncc2C2CNCCO2)c(Br)c1. The van der Waals surface area contributed by atoms with Crippen molar-refractivity contribution >= 4 is 27.5 Å². The van der Waals surface area contributed by atoms with Gasteiger partial charge in [0.25, 0.3) is 0 Å². The molecule has 7 heteroatoms. The van der Waals surface area contributed by atoms with Gasteiger partial charge in [-0.15, -0.1) is 0 Å². The molecule has 2 aromatic rings. The van der Waals surface area contributed by atoms with E-state index in [1.807, 2.05) is 4.57 Å². The molecular weight excluding hydrogens is 349 g/mol. The molecule has 0 amide bonds. The number of hydrogen-bond donors (Lipinski definition) is 1. The smallest absolute Gasteiger partial charge is 0.125 e. The monoisotopic (exact) mass is 359 g/mol. The summed E-state index contributed by atoms with van der Waals surface area (Å²) in [6.45, 7) is 2.20. The third-order valence-corrected chi connectivity index (χ3v) is 4.04. The highest BCUT2D eigenvalue weighted by atomic mass is 79.9. The van der Waals surface area contributed by atoms with Crippen molar-refractivity contribution in [3.63, 3.8) is 0 Å². The first-order chi connectivity index (χ1) is 9.66. The third-order valence-electron chi connectivity index (χ3n) is 3.15. The van der Waals surface area contributed by atoms with E-state index in [1.54, 1.807) is 12.5 Å². The molecule has 1 aliphatic heterocycles. The second-order valence-corrected chi connectivity index (χ2v) is 5.73. The summed E-state index contributed by atoms with van der Waals surface area (Å²) in [6.07, 6.45) is 3.29. The molecule has 1 unspecified atom stereocenters. The molecule has 2 heterocycles. The minimum Gasteiger partial charge on any atom is -0.369 e. The van der Waals surface area contributed by atoms with E-state index >= 15 is 0 Å². The topological polar surface area (TPSA) is 39.1 Å². The summed E-state index contributed by atoms with van der Waals surface area (Å²) in [7, 11) is 0. The van der Waals surface area contributed by atoms with E-state index in [4.69, 9.17) is 16.3 Å². The second-order valence-electron chi connectivity index (χ2n) is 4.47. The molecular formula is C13H12BrClFN3O. The van der Waals surface area contributed by atoms with Crippen molar-refractivity contribution < 1.29 is 9.13 Å². The molecule has 1 N–H and O–H groups in total. The van der Waals surface area contributed by atoms with E-state index in [1.165, 1.54) is 12.1 Å². The number of benzene rings is 1. The fraction of sp³-hybridized carbons (Fsp3) is 0.308. The zero-order chi connectivity index (χ0) is 14.1.